The number of aliphatic carboxylic acids is 1. The van der Waals surface area contributed by atoms with Crippen LogP contribution in [0.4, 0.5) is 5.69 Å². The minimum absolute atomic E-state index is 0.0966. The first kappa shape index (κ1) is 21.1. The van der Waals surface area contributed by atoms with Crippen molar-refractivity contribution < 1.29 is 24.2 Å². The number of pyridine rings is 1. The van der Waals surface area contributed by atoms with E-state index in [0.29, 0.717) is 35.8 Å². The minimum atomic E-state index is -1.38. The van der Waals surface area contributed by atoms with E-state index in [1.165, 1.54) is 6.08 Å². The number of carbonyl (C=O) groups excluding carboxylic acids is 1. The van der Waals surface area contributed by atoms with Crippen LogP contribution in [-0.4, -0.2) is 59.0 Å². The Kier molecular flexibility index (Phi) is 5.91. The van der Waals surface area contributed by atoms with E-state index in [1.54, 1.807) is 42.7 Å². The van der Waals surface area contributed by atoms with E-state index < -0.39 is 17.3 Å². The molecule has 1 aliphatic rings. The number of benzene rings is 1. The standard InChI is InChI=1S/C23H22N4O5/c1-27(2)10-11-31-17-8-4-3-7-16(17)26-22-19(23(29)30)20(28)18(32-22)12-14-13-25-21-15(14)6-5-9-24-21/h3-9,12-13,26H,10-11H2,1-2H3,(H,24,25)(H,29,30). The van der Waals surface area contributed by atoms with Gasteiger partial charge in [-0.2, -0.15) is 0 Å². The van der Waals surface area contributed by atoms with E-state index in [1.807, 2.05) is 25.1 Å². The molecule has 0 amide bonds. The van der Waals surface area contributed by atoms with Crippen LogP contribution >= 0.6 is 0 Å². The van der Waals surface area contributed by atoms with Crippen molar-refractivity contribution in [1.29, 1.82) is 0 Å². The average Bonchev–Trinajstić information content (AvgIpc) is 3.30. The van der Waals surface area contributed by atoms with Gasteiger partial charge in [-0.1, -0.05) is 12.1 Å². The zero-order chi connectivity index (χ0) is 22.7. The van der Waals surface area contributed by atoms with Gasteiger partial charge in [-0.15, -0.1) is 0 Å². The van der Waals surface area contributed by atoms with Gasteiger partial charge in [0.2, 0.25) is 11.7 Å². The molecule has 0 bridgehead atoms. The highest BCUT2D eigenvalue weighted by Crippen LogP contribution is 2.32. The molecule has 2 aromatic heterocycles. The molecule has 9 nitrogen and oxygen atoms in total. The summed E-state index contributed by atoms with van der Waals surface area (Å²) >= 11 is 0. The number of nitrogens with one attached hydrogen (secondary N) is 2. The number of fused-ring (bicyclic) bond motifs is 1. The second kappa shape index (κ2) is 8.94. The molecule has 4 rings (SSSR count). The molecular weight excluding hydrogens is 412 g/mol. The molecule has 0 spiro atoms. The smallest absolute Gasteiger partial charge is 0.345 e. The Labute approximate surface area is 184 Å². The maximum absolute atomic E-state index is 12.8. The third-order valence-electron chi connectivity index (χ3n) is 4.80. The van der Waals surface area contributed by atoms with Crippen molar-refractivity contribution in [2.45, 2.75) is 0 Å². The lowest BCUT2D eigenvalue weighted by Crippen LogP contribution is -2.19. The third kappa shape index (κ3) is 4.33. The summed E-state index contributed by atoms with van der Waals surface area (Å²) in [5.74, 6) is -1.84. The molecule has 3 heterocycles. The molecule has 0 atom stereocenters. The summed E-state index contributed by atoms with van der Waals surface area (Å²) < 4.78 is 11.5. The average molecular weight is 434 g/mol. The van der Waals surface area contributed by atoms with Crippen LogP contribution in [0.15, 0.2) is 66.0 Å². The monoisotopic (exact) mass is 434 g/mol. The van der Waals surface area contributed by atoms with E-state index in [4.69, 9.17) is 9.47 Å². The Morgan fingerprint density at radius 1 is 1.28 bits per heavy atom. The van der Waals surface area contributed by atoms with Crippen LogP contribution in [0.5, 0.6) is 5.75 Å². The predicted octanol–water partition coefficient (Wildman–Crippen LogP) is 2.85. The maximum atomic E-state index is 12.8. The van der Waals surface area contributed by atoms with Crippen LogP contribution in [0.3, 0.4) is 0 Å². The van der Waals surface area contributed by atoms with Gasteiger partial charge in [0.25, 0.3) is 0 Å². The second-order valence-electron chi connectivity index (χ2n) is 7.37. The van der Waals surface area contributed by atoms with Crippen LogP contribution in [0.25, 0.3) is 17.1 Å². The molecular formula is C23H22N4O5. The number of H-pyrrole nitrogens is 1. The summed E-state index contributed by atoms with van der Waals surface area (Å²) in [6.45, 7) is 1.15. The van der Waals surface area contributed by atoms with Crippen LogP contribution in [0.1, 0.15) is 5.56 Å². The third-order valence-corrected chi connectivity index (χ3v) is 4.80. The summed E-state index contributed by atoms with van der Waals surface area (Å²) in [4.78, 5) is 33.8. The Morgan fingerprint density at radius 3 is 2.88 bits per heavy atom. The summed E-state index contributed by atoms with van der Waals surface area (Å²) in [7, 11) is 3.88. The number of aromatic amines is 1. The summed E-state index contributed by atoms with van der Waals surface area (Å²) in [5.41, 5.74) is 1.33. The number of carboxylic acids is 1. The zero-order valence-corrected chi connectivity index (χ0v) is 17.6. The number of hydrogen-bond acceptors (Lipinski definition) is 7. The van der Waals surface area contributed by atoms with Crippen molar-refractivity contribution in [1.82, 2.24) is 14.9 Å². The molecule has 164 valence electrons. The number of carboxylic acid groups (broad SMARTS) is 1. The van der Waals surface area contributed by atoms with Gasteiger partial charge in [0.1, 0.15) is 18.0 Å². The number of nitrogens with zero attached hydrogens (tertiary/aromatic N) is 2. The van der Waals surface area contributed by atoms with E-state index in [9.17, 15) is 14.7 Å². The van der Waals surface area contributed by atoms with Crippen molar-refractivity contribution in [3.8, 4) is 5.75 Å². The molecule has 32 heavy (non-hydrogen) atoms. The van der Waals surface area contributed by atoms with Crippen LogP contribution in [0, 0.1) is 0 Å². The lowest BCUT2D eigenvalue weighted by molar-refractivity contribution is -0.134. The lowest BCUT2D eigenvalue weighted by Gasteiger charge is -2.15. The Balaban J connectivity index is 1.61. The highest BCUT2D eigenvalue weighted by atomic mass is 16.5. The summed E-state index contributed by atoms with van der Waals surface area (Å²) in [5, 5.41) is 13.3. The van der Waals surface area contributed by atoms with Gasteiger partial charge in [0.15, 0.2) is 11.3 Å². The fraction of sp³-hybridized carbons (Fsp3) is 0.174. The fourth-order valence-corrected chi connectivity index (χ4v) is 3.20. The maximum Gasteiger partial charge on any atom is 0.345 e. The van der Waals surface area contributed by atoms with E-state index >= 15 is 0 Å². The van der Waals surface area contributed by atoms with Crippen molar-refractivity contribution >= 4 is 34.5 Å². The molecule has 9 heteroatoms. The minimum Gasteiger partial charge on any atom is -0.490 e. The van der Waals surface area contributed by atoms with Gasteiger partial charge in [-0.25, -0.2) is 9.78 Å². The van der Waals surface area contributed by atoms with Crippen LogP contribution in [-0.2, 0) is 14.3 Å². The van der Waals surface area contributed by atoms with Crippen molar-refractivity contribution in [2.75, 3.05) is 32.6 Å². The number of para-hydroxylation sites is 2. The normalized spacial score (nSPS) is 15.0. The summed E-state index contributed by atoms with van der Waals surface area (Å²) in [6.07, 6.45) is 4.83. The van der Waals surface area contributed by atoms with Gasteiger partial charge >= 0.3 is 5.97 Å². The Morgan fingerprint density at radius 2 is 2.09 bits per heavy atom. The largest absolute Gasteiger partial charge is 0.490 e. The highest BCUT2D eigenvalue weighted by molar-refractivity contribution is 6.26. The lowest BCUT2D eigenvalue weighted by atomic mass is 10.1. The number of Topliss-reactive ketones (excluding diaryl/α,β-unsaturated/α-hetero) is 1. The number of carbonyl (C=O) groups is 2. The zero-order valence-electron chi connectivity index (χ0n) is 17.6. The topological polar surface area (TPSA) is 117 Å². The molecule has 0 unspecified atom stereocenters. The molecule has 1 aliphatic heterocycles. The second-order valence-corrected chi connectivity index (χ2v) is 7.37. The SMILES string of the molecule is CN(C)CCOc1ccccc1NC1=C(C(=O)O)C(=O)C(=Cc2c[nH]c3ncccc23)O1. The van der Waals surface area contributed by atoms with Crippen molar-refractivity contribution in [3.05, 3.63) is 71.6 Å². The molecule has 1 aromatic carbocycles. The van der Waals surface area contributed by atoms with Gasteiger partial charge in [0.05, 0.1) is 5.69 Å². The molecule has 0 fully saturated rings. The Hall–Kier alpha value is -4.11. The first-order valence-corrected chi connectivity index (χ1v) is 9.91. The quantitative estimate of drug-likeness (QED) is 0.366. The Bertz CT molecular complexity index is 1240. The fourth-order valence-electron chi connectivity index (χ4n) is 3.20. The number of ether oxygens (including phenoxy) is 2. The molecule has 0 saturated heterocycles. The van der Waals surface area contributed by atoms with Gasteiger partial charge < -0.3 is 29.8 Å². The van der Waals surface area contributed by atoms with Gasteiger partial charge in [-0.3, -0.25) is 4.79 Å². The predicted molar refractivity (Wildman–Crippen MR) is 119 cm³/mol. The van der Waals surface area contributed by atoms with E-state index in [0.717, 1.165) is 5.39 Å². The molecule has 3 N–H and O–H groups in total. The van der Waals surface area contributed by atoms with E-state index in [2.05, 4.69) is 15.3 Å². The number of allylic oxidation sites excluding steroid dienone is 1. The van der Waals surface area contributed by atoms with Gasteiger partial charge in [-0.05, 0) is 44.4 Å². The number of likely N-dealkylation sites (N-methyl/N-ethyl adjacent to an activating group) is 1. The number of aromatic nitrogens is 2. The van der Waals surface area contributed by atoms with Crippen LogP contribution in [0.2, 0.25) is 0 Å². The molecule has 0 radical (unpaired) electrons. The molecule has 3 aromatic rings. The van der Waals surface area contributed by atoms with E-state index in [-0.39, 0.29) is 11.6 Å². The highest BCUT2D eigenvalue weighted by Gasteiger charge is 2.36. The first-order valence-electron chi connectivity index (χ1n) is 9.91. The number of ketones is 1. The first-order chi connectivity index (χ1) is 15.4. The number of anilines is 1. The number of hydrogen-bond donors (Lipinski definition) is 3. The molecule has 0 saturated carbocycles. The van der Waals surface area contributed by atoms with Crippen molar-refractivity contribution in [2.24, 2.45) is 0 Å². The summed E-state index contributed by atoms with van der Waals surface area (Å²) in [6, 6.07) is 10.7. The van der Waals surface area contributed by atoms with Crippen molar-refractivity contribution in [3.63, 3.8) is 0 Å². The van der Waals surface area contributed by atoms with Crippen LogP contribution < -0.4 is 10.1 Å². The molecule has 0 aliphatic carbocycles. The van der Waals surface area contributed by atoms with Gasteiger partial charge in [0, 0.05) is 29.9 Å². The number of rotatable bonds is 8.